The molecular weight excluding hydrogens is 274 g/mol. The Morgan fingerprint density at radius 3 is 2.73 bits per heavy atom. The second kappa shape index (κ2) is 6.27. The molecule has 0 aliphatic carbocycles. The number of terminal acetylenes is 1. The van der Waals surface area contributed by atoms with Crippen LogP contribution in [0.25, 0.3) is 11.2 Å². The molecule has 0 spiro atoms. The molecule has 1 N–H and O–H groups in total. The first-order valence-electron chi connectivity index (χ1n) is 7.18. The molecule has 2 heterocycles. The first kappa shape index (κ1) is 14.1. The molecule has 0 bridgehead atoms. The van der Waals surface area contributed by atoms with Crippen molar-refractivity contribution >= 4 is 17.0 Å². The lowest BCUT2D eigenvalue weighted by Gasteiger charge is -2.06. The second-order valence-corrected chi connectivity index (χ2v) is 4.97. The Bertz CT molecular complexity index is 814. The molecule has 0 amide bonds. The summed E-state index contributed by atoms with van der Waals surface area (Å²) in [5.41, 5.74) is 2.80. The number of nitrogens with zero attached hydrogens (tertiary/aromatic N) is 4. The summed E-state index contributed by atoms with van der Waals surface area (Å²) in [4.78, 5) is 13.5. The fourth-order valence-electron chi connectivity index (χ4n) is 2.39. The molecule has 0 saturated carbocycles. The monoisotopic (exact) mass is 291 g/mol. The van der Waals surface area contributed by atoms with E-state index in [0.717, 1.165) is 35.6 Å². The molecule has 0 radical (unpaired) electrons. The average Bonchev–Trinajstić information content (AvgIpc) is 2.97. The van der Waals surface area contributed by atoms with Gasteiger partial charge in [-0.15, -0.1) is 6.42 Å². The summed E-state index contributed by atoms with van der Waals surface area (Å²) in [5, 5.41) is 3.09. The molecule has 22 heavy (non-hydrogen) atoms. The quantitative estimate of drug-likeness (QED) is 0.733. The van der Waals surface area contributed by atoms with E-state index >= 15 is 0 Å². The van der Waals surface area contributed by atoms with Crippen LogP contribution in [-0.2, 0) is 19.4 Å². The van der Waals surface area contributed by atoms with Gasteiger partial charge in [-0.1, -0.05) is 36.3 Å². The summed E-state index contributed by atoms with van der Waals surface area (Å²) < 4.78 is 1.86. The number of hydrogen-bond donors (Lipinski definition) is 1. The molecule has 5 nitrogen and oxygen atoms in total. The number of fused-ring (bicyclic) bond motifs is 1. The van der Waals surface area contributed by atoms with Crippen LogP contribution < -0.4 is 5.32 Å². The minimum Gasteiger partial charge on any atom is -0.371 e. The third-order valence-electron chi connectivity index (χ3n) is 3.49. The molecule has 0 unspecified atom stereocenters. The summed E-state index contributed by atoms with van der Waals surface area (Å²) in [7, 11) is 1.84. The third-order valence-corrected chi connectivity index (χ3v) is 3.49. The van der Waals surface area contributed by atoms with Crippen LogP contribution in [0.2, 0.25) is 0 Å². The Labute approximate surface area is 129 Å². The van der Waals surface area contributed by atoms with Crippen LogP contribution in [0.3, 0.4) is 0 Å². The minimum atomic E-state index is 0.453. The SMILES string of the molecule is C#CCn1cnc2c(NC)nc(CCc3ccccc3)nc21. The summed E-state index contributed by atoms with van der Waals surface area (Å²) in [6.07, 6.45) is 8.78. The number of aromatic nitrogens is 4. The standard InChI is InChI=1S/C17H17N5/c1-3-11-22-12-19-15-16(18-2)20-14(21-17(15)22)10-9-13-7-5-4-6-8-13/h1,4-8,12H,9-11H2,2H3,(H,18,20,21). The van der Waals surface area contributed by atoms with Gasteiger partial charge in [0.05, 0.1) is 12.9 Å². The van der Waals surface area contributed by atoms with E-state index in [4.69, 9.17) is 6.42 Å². The molecular formula is C17H17N5. The average molecular weight is 291 g/mol. The van der Waals surface area contributed by atoms with Crippen LogP contribution in [0.5, 0.6) is 0 Å². The normalized spacial score (nSPS) is 10.5. The van der Waals surface area contributed by atoms with E-state index in [1.54, 1.807) is 6.33 Å². The van der Waals surface area contributed by atoms with Crippen LogP contribution in [0.15, 0.2) is 36.7 Å². The zero-order valence-electron chi connectivity index (χ0n) is 12.5. The Kier molecular flexibility index (Phi) is 4.01. The number of nitrogens with one attached hydrogen (secondary N) is 1. The Balaban J connectivity index is 1.92. The van der Waals surface area contributed by atoms with Crippen LogP contribution in [0.1, 0.15) is 11.4 Å². The van der Waals surface area contributed by atoms with Gasteiger partial charge in [0.25, 0.3) is 0 Å². The van der Waals surface area contributed by atoms with E-state index in [9.17, 15) is 0 Å². The predicted molar refractivity (Wildman–Crippen MR) is 87.6 cm³/mol. The van der Waals surface area contributed by atoms with Gasteiger partial charge in [-0.3, -0.25) is 0 Å². The number of hydrogen-bond acceptors (Lipinski definition) is 4. The van der Waals surface area contributed by atoms with E-state index < -0.39 is 0 Å². The van der Waals surface area contributed by atoms with Gasteiger partial charge >= 0.3 is 0 Å². The molecule has 1 aromatic carbocycles. The third kappa shape index (κ3) is 2.77. The minimum absolute atomic E-state index is 0.453. The van der Waals surface area contributed by atoms with Crippen molar-refractivity contribution in [3.05, 3.63) is 48.0 Å². The van der Waals surface area contributed by atoms with Crippen molar-refractivity contribution in [1.82, 2.24) is 19.5 Å². The zero-order valence-corrected chi connectivity index (χ0v) is 12.5. The van der Waals surface area contributed by atoms with E-state index in [2.05, 4.69) is 38.3 Å². The van der Waals surface area contributed by atoms with Gasteiger partial charge in [0, 0.05) is 13.5 Å². The molecule has 110 valence electrons. The van der Waals surface area contributed by atoms with Crippen molar-refractivity contribution in [2.24, 2.45) is 0 Å². The van der Waals surface area contributed by atoms with E-state index in [1.165, 1.54) is 5.56 Å². The number of rotatable bonds is 5. The molecule has 2 aromatic heterocycles. The Morgan fingerprint density at radius 2 is 2.00 bits per heavy atom. The highest BCUT2D eigenvalue weighted by Gasteiger charge is 2.12. The Morgan fingerprint density at radius 1 is 1.18 bits per heavy atom. The molecule has 3 rings (SSSR count). The van der Waals surface area contributed by atoms with Crippen LogP contribution >= 0.6 is 0 Å². The van der Waals surface area contributed by atoms with Crippen molar-refractivity contribution in [2.75, 3.05) is 12.4 Å². The maximum atomic E-state index is 5.40. The molecule has 0 aliphatic heterocycles. The van der Waals surface area contributed by atoms with Crippen LogP contribution in [0.4, 0.5) is 5.82 Å². The smallest absolute Gasteiger partial charge is 0.166 e. The largest absolute Gasteiger partial charge is 0.371 e. The van der Waals surface area contributed by atoms with E-state index in [0.29, 0.717) is 6.54 Å². The van der Waals surface area contributed by atoms with Gasteiger partial charge < -0.3 is 9.88 Å². The molecule has 0 aliphatic rings. The van der Waals surface area contributed by atoms with Gasteiger partial charge in [0.15, 0.2) is 11.5 Å². The van der Waals surface area contributed by atoms with Crippen molar-refractivity contribution in [3.63, 3.8) is 0 Å². The summed E-state index contributed by atoms with van der Waals surface area (Å²) >= 11 is 0. The van der Waals surface area contributed by atoms with Gasteiger partial charge in [-0.2, -0.15) is 0 Å². The maximum Gasteiger partial charge on any atom is 0.166 e. The first-order valence-corrected chi connectivity index (χ1v) is 7.18. The fourth-order valence-corrected chi connectivity index (χ4v) is 2.39. The van der Waals surface area contributed by atoms with Gasteiger partial charge in [-0.05, 0) is 12.0 Å². The zero-order chi connectivity index (χ0) is 15.4. The van der Waals surface area contributed by atoms with Gasteiger partial charge in [-0.25, -0.2) is 15.0 Å². The van der Waals surface area contributed by atoms with Gasteiger partial charge in [0.1, 0.15) is 11.3 Å². The fraction of sp³-hybridized carbons (Fsp3) is 0.235. The van der Waals surface area contributed by atoms with Crippen LogP contribution in [0, 0.1) is 12.3 Å². The molecule has 3 aromatic rings. The molecule has 5 heteroatoms. The van der Waals surface area contributed by atoms with Crippen molar-refractivity contribution < 1.29 is 0 Å². The number of benzene rings is 1. The van der Waals surface area contributed by atoms with E-state index in [1.807, 2.05) is 29.8 Å². The Hall–Kier alpha value is -2.87. The molecule has 0 atom stereocenters. The van der Waals surface area contributed by atoms with Gasteiger partial charge in [0.2, 0.25) is 0 Å². The number of imidazole rings is 1. The topological polar surface area (TPSA) is 55.6 Å². The van der Waals surface area contributed by atoms with Crippen molar-refractivity contribution in [2.45, 2.75) is 19.4 Å². The predicted octanol–water partition coefficient (Wildman–Crippen LogP) is 2.29. The second-order valence-electron chi connectivity index (χ2n) is 4.97. The molecule has 0 saturated heterocycles. The lowest BCUT2D eigenvalue weighted by atomic mass is 10.1. The summed E-state index contributed by atoms with van der Waals surface area (Å²) in [6, 6.07) is 10.3. The lowest BCUT2D eigenvalue weighted by molar-refractivity contribution is 0.828. The van der Waals surface area contributed by atoms with Crippen LogP contribution in [-0.4, -0.2) is 26.6 Å². The number of anilines is 1. The maximum absolute atomic E-state index is 5.40. The van der Waals surface area contributed by atoms with Crippen molar-refractivity contribution in [1.29, 1.82) is 0 Å². The highest BCUT2D eigenvalue weighted by molar-refractivity contribution is 5.82. The first-order chi connectivity index (χ1) is 10.8. The van der Waals surface area contributed by atoms with E-state index in [-0.39, 0.29) is 0 Å². The summed E-state index contributed by atoms with van der Waals surface area (Å²) in [6.45, 7) is 0.453. The highest BCUT2D eigenvalue weighted by Crippen LogP contribution is 2.19. The summed E-state index contributed by atoms with van der Waals surface area (Å²) in [5.74, 6) is 4.15. The molecule has 0 fully saturated rings. The lowest BCUT2D eigenvalue weighted by Crippen LogP contribution is -2.05. The number of aryl methyl sites for hydroxylation is 2. The highest BCUT2D eigenvalue weighted by atomic mass is 15.1. The van der Waals surface area contributed by atoms with Crippen molar-refractivity contribution in [3.8, 4) is 12.3 Å².